The lowest BCUT2D eigenvalue weighted by atomic mass is 9.95. The maximum absolute atomic E-state index is 15.0. The van der Waals surface area contributed by atoms with Crippen LogP contribution in [0.3, 0.4) is 0 Å². The van der Waals surface area contributed by atoms with Crippen molar-refractivity contribution >= 4 is 24.1 Å². The fraction of sp³-hybridized carbons (Fsp3) is 0.387. The van der Waals surface area contributed by atoms with Crippen molar-refractivity contribution in [2.75, 3.05) is 6.54 Å². The fourth-order valence-corrected chi connectivity index (χ4v) is 4.24. The van der Waals surface area contributed by atoms with Crippen LogP contribution in [0.2, 0.25) is 0 Å². The second kappa shape index (κ2) is 11.8. The first kappa shape index (κ1) is 30.4. The Hall–Kier alpha value is -4.54. The van der Waals surface area contributed by atoms with Gasteiger partial charge in [0, 0.05) is 17.5 Å². The van der Waals surface area contributed by atoms with E-state index in [1.165, 1.54) is 6.07 Å². The molecule has 0 N–H and O–H groups in total. The number of benzene rings is 2. The van der Waals surface area contributed by atoms with E-state index >= 15 is 4.39 Å². The Bertz CT molecular complexity index is 1500. The summed E-state index contributed by atoms with van der Waals surface area (Å²) in [4.78, 5) is 44.6. The Labute approximate surface area is 244 Å². The van der Waals surface area contributed by atoms with E-state index in [0.717, 1.165) is 15.4 Å². The minimum Gasteiger partial charge on any atom is -0.443 e. The fourth-order valence-electron chi connectivity index (χ4n) is 4.24. The zero-order chi connectivity index (χ0) is 30.8. The molecule has 0 saturated carbocycles. The molecule has 42 heavy (non-hydrogen) atoms. The van der Waals surface area contributed by atoms with Crippen molar-refractivity contribution in [2.24, 2.45) is 4.99 Å². The molecule has 0 aliphatic carbocycles. The number of hydrogen-bond acceptors (Lipinski definition) is 7. The van der Waals surface area contributed by atoms with Gasteiger partial charge in [-0.3, -0.25) is 9.69 Å². The molecule has 1 atom stereocenters. The number of aromatic nitrogens is 1. The molecule has 0 spiro atoms. The van der Waals surface area contributed by atoms with Gasteiger partial charge >= 0.3 is 12.2 Å². The first-order chi connectivity index (χ1) is 19.6. The monoisotopic (exact) mass is 578 g/mol. The number of rotatable bonds is 5. The molecule has 1 aliphatic heterocycles. The molecule has 222 valence electrons. The predicted molar refractivity (Wildman–Crippen MR) is 153 cm³/mol. The number of carbonyl (C=O) groups is 3. The maximum Gasteiger partial charge on any atom is 0.437 e. The quantitative estimate of drug-likeness (QED) is 0.339. The highest BCUT2D eigenvalue weighted by atomic mass is 19.1. The molecule has 1 saturated heterocycles. The van der Waals surface area contributed by atoms with Crippen LogP contribution in [-0.4, -0.2) is 56.8 Å². The van der Waals surface area contributed by atoms with Gasteiger partial charge in [0.1, 0.15) is 35.0 Å². The number of ether oxygens (including phenoxy) is 2. The van der Waals surface area contributed by atoms with Gasteiger partial charge in [0.25, 0.3) is 0 Å². The van der Waals surface area contributed by atoms with Crippen LogP contribution >= 0.6 is 0 Å². The van der Waals surface area contributed by atoms with Gasteiger partial charge in [0.05, 0.1) is 6.54 Å². The van der Waals surface area contributed by atoms with Crippen molar-refractivity contribution < 1.29 is 32.8 Å². The van der Waals surface area contributed by atoms with Gasteiger partial charge in [-0.2, -0.15) is 0 Å². The topological polar surface area (TPSA) is 115 Å². The number of hydrogen-bond donors (Lipinski definition) is 0. The summed E-state index contributed by atoms with van der Waals surface area (Å²) in [5.41, 5.74) is 0.589. The molecule has 0 bridgehead atoms. The molecular formula is C31H35FN4O6. The average molecular weight is 579 g/mol. The van der Waals surface area contributed by atoms with Crippen LogP contribution in [0.5, 0.6) is 0 Å². The lowest BCUT2D eigenvalue weighted by molar-refractivity contribution is -0.125. The van der Waals surface area contributed by atoms with Crippen LogP contribution in [0.15, 0.2) is 64.1 Å². The molecule has 1 unspecified atom stereocenters. The van der Waals surface area contributed by atoms with Gasteiger partial charge in [-0.25, -0.2) is 18.9 Å². The Kier molecular flexibility index (Phi) is 8.51. The van der Waals surface area contributed by atoms with E-state index in [0.29, 0.717) is 22.6 Å². The number of carbonyl (C=O) groups excluding carboxylic acids is 3. The van der Waals surface area contributed by atoms with E-state index in [4.69, 9.17) is 14.0 Å². The minimum atomic E-state index is -0.971. The number of amides is 3. The van der Waals surface area contributed by atoms with Crippen LogP contribution in [0, 0.1) is 5.82 Å². The minimum absolute atomic E-state index is 0.142. The van der Waals surface area contributed by atoms with Crippen LogP contribution in [0.25, 0.3) is 11.1 Å². The highest BCUT2D eigenvalue weighted by Crippen LogP contribution is 2.30. The van der Waals surface area contributed by atoms with Gasteiger partial charge in [0.15, 0.2) is 0 Å². The second-order valence-corrected chi connectivity index (χ2v) is 12.0. The highest BCUT2D eigenvalue weighted by Gasteiger charge is 2.41. The summed E-state index contributed by atoms with van der Waals surface area (Å²) in [5, 5.41) is 4.08. The molecule has 3 aromatic rings. The summed E-state index contributed by atoms with van der Waals surface area (Å²) in [6, 6.07) is 15.9. The summed E-state index contributed by atoms with van der Waals surface area (Å²) in [6.07, 6.45) is -1.81. The molecule has 1 aromatic heterocycles. The standard InChI is InChI=1S/C31H35FN4O6/c1-19(21-13-14-23(24(32)15-21)20-11-9-8-10-12-20)25-16-22(34-42-25)17-35-26(37)18-36(29(39)41-31(5,6)7)27(35)33-28(38)40-30(2,3)4/h8-16,19H,17-18H2,1-7H3. The summed E-state index contributed by atoms with van der Waals surface area (Å²) >= 11 is 0. The number of halogens is 1. The van der Waals surface area contributed by atoms with E-state index in [9.17, 15) is 14.4 Å². The average Bonchev–Trinajstić information content (AvgIpc) is 3.47. The normalized spacial score (nSPS) is 15.7. The molecule has 2 heterocycles. The van der Waals surface area contributed by atoms with Crippen molar-refractivity contribution in [3.63, 3.8) is 0 Å². The third kappa shape index (κ3) is 7.39. The molecule has 4 rings (SSSR count). The lowest BCUT2D eigenvalue weighted by Gasteiger charge is -2.25. The molecule has 1 aliphatic rings. The van der Waals surface area contributed by atoms with Gasteiger partial charge in [-0.1, -0.05) is 54.5 Å². The van der Waals surface area contributed by atoms with Crippen LogP contribution in [0.1, 0.15) is 71.4 Å². The first-order valence-electron chi connectivity index (χ1n) is 13.5. The Morgan fingerprint density at radius 3 is 2.31 bits per heavy atom. The van der Waals surface area contributed by atoms with E-state index in [1.807, 2.05) is 43.3 Å². The van der Waals surface area contributed by atoms with Crippen molar-refractivity contribution in [1.29, 1.82) is 0 Å². The van der Waals surface area contributed by atoms with Gasteiger partial charge in [-0.15, -0.1) is 4.99 Å². The summed E-state index contributed by atoms with van der Waals surface area (Å²) in [6.45, 7) is 11.4. The zero-order valence-corrected chi connectivity index (χ0v) is 24.8. The maximum atomic E-state index is 15.0. The van der Waals surface area contributed by atoms with Crippen LogP contribution in [-0.2, 0) is 20.8 Å². The van der Waals surface area contributed by atoms with Crippen molar-refractivity contribution in [3.05, 3.63) is 77.4 Å². The smallest absolute Gasteiger partial charge is 0.437 e. The van der Waals surface area contributed by atoms with Gasteiger partial charge in [-0.05, 0) is 58.7 Å². The molecule has 2 aromatic carbocycles. The number of guanidine groups is 1. The molecule has 0 radical (unpaired) electrons. The highest BCUT2D eigenvalue weighted by molar-refractivity contribution is 6.12. The zero-order valence-electron chi connectivity index (χ0n) is 24.8. The van der Waals surface area contributed by atoms with Crippen molar-refractivity contribution in [1.82, 2.24) is 15.0 Å². The van der Waals surface area contributed by atoms with E-state index in [-0.39, 0.29) is 30.8 Å². The lowest BCUT2D eigenvalue weighted by Crippen LogP contribution is -2.41. The third-order valence-electron chi connectivity index (χ3n) is 6.18. The summed E-state index contributed by atoms with van der Waals surface area (Å²) in [5.74, 6) is -1.01. The summed E-state index contributed by atoms with van der Waals surface area (Å²) in [7, 11) is 0. The SMILES string of the molecule is CC(c1ccc(-c2ccccc2)c(F)c1)c1cc(CN2C(=O)CN(C(=O)OC(C)(C)C)C2=NC(=O)OC(C)(C)C)no1. The van der Waals surface area contributed by atoms with Crippen LogP contribution < -0.4 is 0 Å². The molecule has 11 heteroatoms. The second-order valence-electron chi connectivity index (χ2n) is 12.0. The van der Waals surface area contributed by atoms with Gasteiger partial charge in [0.2, 0.25) is 11.9 Å². The third-order valence-corrected chi connectivity index (χ3v) is 6.18. The summed E-state index contributed by atoms with van der Waals surface area (Å²) < 4.78 is 31.3. The van der Waals surface area contributed by atoms with Crippen molar-refractivity contribution in [3.8, 4) is 11.1 Å². The number of aliphatic imine (C=N–C) groups is 1. The van der Waals surface area contributed by atoms with E-state index in [2.05, 4.69) is 10.1 Å². The molecule has 10 nitrogen and oxygen atoms in total. The van der Waals surface area contributed by atoms with Crippen molar-refractivity contribution in [2.45, 2.75) is 72.1 Å². The molecule has 3 amide bonds. The van der Waals surface area contributed by atoms with E-state index in [1.54, 1.807) is 53.7 Å². The van der Waals surface area contributed by atoms with Crippen LogP contribution in [0.4, 0.5) is 14.0 Å². The number of nitrogens with zero attached hydrogens (tertiary/aromatic N) is 4. The Balaban J connectivity index is 1.57. The molecular weight excluding hydrogens is 543 g/mol. The predicted octanol–water partition coefficient (Wildman–Crippen LogP) is 6.50. The Morgan fingerprint density at radius 2 is 1.69 bits per heavy atom. The Morgan fingerprint density at radius 1 is 1.02 bits per heavy atom. The van der Waals surface area contributed by atoms with Gasteiger partial charge < -0.3 is 14.0 Å². The molecule has 1 fully saturated rings. The first-order valence-corrected chi connectivity index (χ1v) is 13.5. The largest absolute Gasteiger partial charge is 0.443 e. The van der Waals surface area contributed by atoms with E-state index < -0.39 is 29.3 Å².